The van der Waals surface area contributed by atoms with Gasteiger partial charge in [0.1, 0.15) is 6.61 Å². The van der Waals surface area contributed by atoms with E-state index < -0.39 is 6.10 Å². The van der Waals surface area contributed by atoms with Gasteiger partial charge < -0.3 is 24.6 Å². The Balaban J connectivity index is 1.13. The van der Waals surface area contributed by atoms with Crippen LogP contribution in [0, 0.1) is 0 Å². The molecule has 1 fully saturated rings. The van der Waals surface area contributed by atoms with Gasteiger partial charge in [-0.25, -0.2) is 4.79 Å². The average Bonchev–Trinajstić information content (AvgIpc) is 2.89. The Morgan fingerprint density at radius 1 is 0.727 bits per heavy atom. The quantitative estimate of drug-likeness (QED) is 0.667. The number of nitrogens with zero attached hydrogens (tertiary/aromatic N) is 2. The van der Waals surface area contributed by atoms with Gasteiger partial charge in [-0.05, 0) is 35.4 Å². The first-order chi connectivity index (χ1) is 16.2. The second-order valence-corrected chi connectivity index (χ2v) is 8.05. The van der Waals surface area contributed by atoms with Crippen LogP contribution in [0.5, 0.6) is 11.5 Å². The predicted molar refractivity (Wildman–Crippen MR) is 125 cm³/mol. The van der Waals surface area contributed by atoms with E-state index >= 15 is 0 Å². The minimum Gasteiger partial charge on any atom is -0.485 e. The topological polar surface area (TPSA) is 71.1 Å². The molecule has 168 valence electrons. The lowest BCUT2D eigenvalue weighted by Gasteiger charge is -2.37. The van der Waals surface area contributed by atoms with Crippen LogP contribution in [-0.2, 0) is 4.79 Å². The Morgan fingerprint density at radius 3 is 2.06 bits per heavy atom. The average molecular weight is 444 g/mol. The first kappa shape index (κ1) is 20.9. The maximum absolute atomic E-state index is 12.9. The minimum atomic E-state index is -0.664. The number of hydrogen-bond donors (Lipinski definition) is 1. The van der Waals surface area contributed by atoms with Crippen LogP contribution in [0.1, 0.15) is 0 Å². The summed E-state index contributed by atoms with van der Waals surface area (Å²) in [5, 5.41) is 2.95. The van der Waals surface area contributed by atoms with E-state index in [9.17, 15) is 9.59 Å². The standard InChI is InChI=1S/C26H25N3O4/c30-25(24-18-32-22-8-4-5-9-23(22)33-24)28-14-16-29(17-15-28)26(31)27-21-12-10-20(11-13-21)19-6-2-1-3-7-19/h1-13,24H,14-18H2,(H,27,31). The predicted octanol–water partition coefficient (Wildman–Crippen LogP) is 3.87. The van der Waals surface area contributed by atoms with Crippen LogP contribution >= 0.6 is 0 Å². The largest absolute Gasteiger partial charge is 0.485 e. The fraction of sp³-hybridized carbons (Fsp3) is 0.231. The molecule has 5 rings (SSSR count). The van der Waals surface area contributed by atoms with E-state index in [1.807, 2.05) is 60.7 Å². The first-order valence-electron chi connectivity index (χ1n) is 11.1. The Bertz CT molecular complexity index is 1130. The van der Waals surface area contributed by atoms with Crippen LogP contribution in [0.4, 0.5) is 10.5 Å². The molecule has 1 unspecified atom stereocenters. The third-order valence-corrected chi connectivity index (χ3v) is 5.91. The van der Waals surface area contributed by atoms with E-state index in [2.05, 4.69) is 17.4 Å². The fourth-order valence-corrected chi connectivity index (χ4v) is 4.05. The van der Waals surface area contributed by atoms with Gasteiger partial charge in [0.15, 0.2) is 11.5 Å². The molecule has 1 atom stereocenters. The molecular formula is C26H25N3O4. The summed E-state index contributed by atoms with van der Waals surface area (Å²) in [6, 6.07) is 25.0. The number of urea groups is 1. The molecule has 1 saturated heterocycles. The number of carbonyl (C=O) groups is 2. The summed E-state index contributed by atoms with van der Waals surface area (Å²) in [5.74, 6) is 1.12. The molecule has 2 aliphatic rings. The van der Waals surface area contributed by atoms with Crippen molar-refractivity contribution in [1.29, 1.82) is 0 Å². The highest BCUT2D eigenvalue weighted by molar-refractivity contribution is 5.90. The molecule has 2 heterocycles. The van der Waals surface area contributed by atoms with E-state index in [4.69, 9.17) is 9.47 Å². The van der Waals surface area contributed by atoms with Crippen molar-refractivity contribution < 1.29 is 19.1 Å². The zero-order valence-corrected chi connectivity index (χ0v) is 18.1. The SMILES string of the molecule is O=C(Nc1ccc(-c2ccccc2)cc1)N1CCN(C(=O)C2COc3ccccc3O2)CC1. The third kappa shape index (κ3) is 4.62. The van der Waals surface area contributed by atoms with E-state index in [1.54, 1.807) is 15.9 Å². The lowest BCUT2D eigenvalue weighted by atomic mass is 10.1. The van der Waals surface area contributed by atoms with Gasteiger partial charge in [0, 0.05) is 31.9 Å². The summed E-state index contributed by atoms with van der Waals surface area (Å²) < 4.78 is 11.5. The normalized spacial score (nSPS) is 17.4. The van der Waals surface area contributed by atoms with E-state index in [0.29, 0.717) is 37.7 Å². The number of benzene rings is 3. The summed E-state index contributed by atoms with van der Waals surface area (Å²) >= 11 is 0. The number of carbonyl (C=O) groups excluding carboxylic acids is 2. The second kappa shape index (κ2) is 9.24. The van der Waals surface area contributed by atoms with Gasteiger partial charge in [-0.3, -0.25) is 4.79 Å². The molecule has 0 aromatic heterocycles. The molecule has 7 nitrogen and oxygen atoms in total. The van der Waals surface area contributed by atoms with E-state index in [1.165, 1.54) is 0 Å². The zero-order chi connectivity index (χ0) is 22.6. The summed E-state index contributed by atoms with van der Waals surface area (Å²) in [7, 11) is 0. The van der Waals surface area contributed by atoms with Crippen LogP contribution < -0.4 is 14.8 Å². The van der Waals surface area contributed by atoms with Crippen LogP contribution in [0.15, 0.2) is 78.9 Å². The van der Waals surface area contributed by atoms with Crippen molar-refractivity contribution >= 4 is 17.6 Å². The van der Waals surface area contributed by atoms with Crippen molar-refractivity contribution in [3.8, 4) is 22.6 Å². The highest BCUT2D eigenvalue weighted by Crippen LogP contribution is 2.31. The Kier molecular flexibility index (Phi) is 5.85. The van der Waals surface area contributed by atoms with Crippen molar-refractivity contribution in [2.75, 3.05) is 38.1 Å². The summed E-state index contributed by atoms with van der Waals surface area (Å²) in [6.45, 7) is 2.03. The van der Waals surface area contributed by atoms with Crippen LogP contribution in [0.3, 0.4) is 0 Å². The summed E-state index contributed by atoms with van der Waals surface area (Å²) in [5.41, 5.74) is 2.97. The number of ether oxygens (including phenoxy) is 2. The molecule has 0 spiro atoms. The number of piperazine rings is 1. The number of nitrogens with one attached hydrogen (secondary N) is 1. The minimum absolute atomic E-state index is 0.110. The van der Waals surface area contributed by atoms with Gasteiger partial charge in [-0.2, -0.15) is 0 Å². The van der Waals surface area contributed by atoms with Gasteiger partial charge >= 0.3 is 6.03 Å². The highest BCUT2D eigenvalue weighted by atomic mass is 16.6. The van der Waals surface area contributed by atoms with Crippen molar-refractivity contribution in [3.05, 3.63) is 78.9 Å². The maximum Gasteiger partial charge on any atom is 0.321 e. The number of amides is 3. The molecule has 7 heteroatoms. The molecule has 0 saturated carbocycles. The van der Waals surface area contributed by atoms with E-state index in [-0.39, 0.29) is 18.5 Å². The van der Waals surface area contributed by atoms with Gasteiger partial charge in [0.25, 0.3) is 5.91 Å². The highest BCUT2D eigenvalue weighted by Gasteiger charge is 2.33. The number of fused-ring (bicyclic) bond motifs is 1. The Labute approximate surface area is 192 Å². The molecule has 0 radical (unpaired) electrons. The smallest absolute Gasteiger partial charge is 0.321 e. The van der Waals surface area contributed by atoms with Crippen molar-refractivity contribution in [1.82, 2.24) is 9.80 Å². The van der Waals surface area contributed by atoms with Crippen LogP contribution in [-0.4, -0.2) is 60.6 Å². The molecule has 2 aliphatic heterocycles. The van der Waals surface area contributed by atoms with Crippen molar-refractivity contribution in [3.63, 3.8) is 0 Å². The number of hydrogen-bond acceptors (Lipinski definition) is 4. The molecular weight excluding hydrogens is 418 g/mol. The molecule has 3 amide bonds. The van der Waals surface area contributed by atoms with Gasteiger partial charge in [0.2, 0.25) is 6.10 Å². The molecule has 33 heavy (non-hydrogen) atoms. The fourth-order valence-electron chi connectivity index (χ4n) is 4.05. The Hall–Kier alpha value is -4.00. The Morgan fingerprint density at radius 2 is 1.33 bits per heavy atom. The van der Waals surface area contributed by atoms with Crippen molar-refractivity contribution in [2.45, 2.75) is 6.10 Å². The van der Waals surface area contributed by atoms with E-state index in [0.717, 1.165) is 16.8 Å². The monoisotopic (exact) mass is 443 g/mol. The molecule has 0 aliphatic carbocycles. The third-order valence-electron chi connectivity index (χ3n) is 5.91. The summed E-state index contributed by atoms with van der Waals surface area (Å²) in [4.78, 5) is 29.0. The zero-order valence-electron chi connectivity index (χ0n) is 18.1. The molecule has 0 bridgehead atoms. The van der Waals surface area contributed by atoms with Gasteiger partial charge in [-0.15, -0.1) is 0 Å². The molecule has 1 N–H and O–H groups in total. The van der Waals surface area contributed by atoms with Crippen LogP contribution in [0.2, 0.25) is 0 Å². The van der Waals surface area contributed by atoms with Gasteiger partial charge in [0.05, 0.1) is 0 Å². The lowest BCUT2D eigenvalue weighted by Crippen LogP contribution is -2.55. The first-order valence-corrected chi connectivity index (χ1v) is 11.1. The van der Waals surface area contributed by atoms with Crippen LogP contribution in [0.25, 0.3) is 11.1 Å². The van der Waals surface area contributed by atoms with Gasteiger partial charge in [-0.1, -0.05) is 54.6 Å². The van der Waals surface area contributed by atoms with Crippen molar-refractivity contribution in [2.24, 2.45) is 0 Å². The number of para-hydroxylation sites is 2. The number of rotatable bonds is 3. The lowest BCUT2D eigenvalue weighted by molar-refractivity contribution is -0.142. The number of anilines is 1. The summed E-state index contributed by atoms with van der Waals surface area (Å²) in [6.07, 6.45) is -0.664. The maximum atomic E-state index is 12.9. The molecule has 3 aromatic carbocycles. The molecule has 3 aromatic rings. The second-order valence-electron chi connectivity index (χ2n) is 8.05.